The van der Waals surface area contributed by atoms with Gasteiger partial charge < -0.3 is 32.4 Å². The summed E-state index contributed by atoms with van der Waals surface area (Å²) in [6, 6.07) is 9.93. The predicted molar refractivity (Wildman–Crippen MR) is 93.6 cm³/mol. The second-order valence-corrected chi connectivity index (χ2v) is 6.29. The van der Waals surface area contributed by atoms with Gasteiger partial charge in [-0.05, 0) is 42.3 Å². The first-order valence-corrected chi connectivity index (χ1v) is 8.39. The summed E-state index contributed by atoms with van der Waals surface area (Å²) in [5.41, 5.74) is 12.0. The zero-order chi connectivity index (χ0) is 16.7. The van der Waals surface area contributed by atoms with Crippen molar-refractivity contribution in [2.75, 3.05) is 19.6 Å². The van der Waals surface area contributed by atoms with Crippen LogP contribution in [0.5, 0.6) is 17.2 Å². The smallest absolute Gasteiger partial charge is 0.232 e. The van der Waals surface area contributed by atoms with Gasteiger partial charge >= 0.3 is 0 Å². The molecule has 0 fully saturated rings. The maximum absolute atomic E-state index is 6.06. The van der Waals surface area contributed by atoms with Gasteiger partial charge in [-0.15, -0.1) is 4.37 Å². The average Bonchev–Trinajstić information content (AvgIpc) is 3.23. The van der Waals surface area contributed by atoms with E-state index >= 15 is 0 Å². The first kappa shape index (κ1) is 17.4. The molecule has 25 heavy (non-hydrogen) atoms. The van der Waals surface area contributed by atoms with Crippen LogP contribution in [0.25, 0.3) is 22.4 Å². The molecule has 7 heteroatoms. The van der Waals surface area contributed by atoms with Crippen LogP contribution in [0.2, 0.25) is 0 Å². The topological polar surface area (TPSA) is 67.8 Å². The highest BCUT2D eigenvalue weighted by molar-refractivity contribution is 6.99. The molecule has 4 rings (SSSR count). The zero-order valence-corrected chi connectivity index (χ0v) is 15.3. The molecule has 0 unspecified atom stereocenters. The Morgan fingerprint density at radius 1 is 1.16 bits per heavy atom. The number of halogens is 1. The lowest BCUT2D eigenvalue weighted by Gasteiger charge is -2.07. The van der Waals surface area contributed by atoms with Crippen molar-refractivity contribution in [1.82, 2.24) is 0 Å². The molecule has 5 nitrogen and oxygen atoms in total. The normalized spacial score (nSPS) is 11.9. The van der Waals surface area contributed by atoms with Crippen LogP contribution in [0.15, 0.2) is 35.7 Å². The molecule has 0 atom stereocenters. The molecule has 130 valence electrons. The summed E-state index contributed by atoms with van der Waals surface area (Å²) in [4.78, 5) is 0. The summed E-state index contributed by atoms with van der Waals surface area (Å²) in [5, 5.41) is 2.08. The number of nitrogen functional groups attached to an aromatic ring is 1. The summed E-state index contributed by atoms with van der Waals surface area (Å²) < 4.78 is 19.6. The van der Waals surface area contributed by atoms with Gasteiger partial charge in [0, 0.05) is 0 Å². The molecule has 0 amide bonds. The highest BCUT2D eigenvalue weighted by Gasteiger charge is 2.23. The first-order chi connectivity index (χ1) is 11.7. The van der Waals surface area contributed by atoms with Gasteiger partial charge in [0.05, 0.1) is 29.3 Å². The fourth-order valence-electron chi connectivity index (χ4n) is 2.92. The molecule has 2 heterocycles. The largest absolute Gasteiger partial charge is 1.00 e. The molecular weight excluding hydrogens is 360 g/mol. The number of anilines is 1. The van der Waals surface area contributed by atoms with E-state index in [0.717, 1.165) is 39.4 Å². The van der Waals surface area contributed by atoms with E-state index in [1.54, 1.807) is 18.6 Å². The molecule has 0 saturated heterocycles. The van der Waals surface area contributed by atoms with E-state index in [1.807, 2.05) is 31.2 Å². The van der Waals surface area contributed by atoms with Crippen molar-refractivity contribution >= 4 is 17.2 Å². The minimum atomic E-state index is 0. The van der Waals surface area contributed by atoms with Crippen LogP contribution in [0, 0.1) is 6.92 Å². The van der Waals surface area contributed by atoms with E-state index < -0.39 is 0 Å². The van der Waals surface area contributed by atoms with Crippen molar-refractivity contribution in [2.24, 2.45) is 0 Å². The van der Waals surface area contributed by atoms with Crippen LogP contribution in [-0.2, 0) is 0 Å². The zero-order valence-electron chi connectivity index (χ0n) is 13.8. The van der Waals surface area contributed by atoms with Gasteiger partial charge in [0.25, 0.3) is 0 Å². The lowest BCUT2D eigenvalue weighted by atomic mass is 9.99. The highest BCUT2D eigenvalue weighted by Crippen LogP contribution is 2.41. The molecular formula is C18H17ClN2O3S. The van der Waals surface area contributed by atoms with Crippen molar-refractivity contribution in [3.63, 3.8) is 0 Å². The lowest BCUT2D eigenvalue weighted by molar-refractivity contribution is -0.275. The van der Waals surface area contributed by atoms with Crippen molar-refractivity contribution in [2.45, 2.75) is 6.92 Å². The number of nitrogens with two attached hydrogens (primary N) is 1. The number of nitrogens with one attached hydrogen (secondary N) is 1. The Morgan fingerprint density at radius 3 is 2.76 bits per heavy atom. The van der Waals surface area contributed by atoms with Gasteiger partial charge in [0.15, 0.2) is 11.5 Å². The van der Waals surface area contributed by atoms with E-state index in [-0.39, 0.29) is 19.2 Å². The third kappa shape index (κ3) is 2.99. The predicted octanol–water partition coefficient (Wildman–Crippen LogP) is 0.528. The number of hydrogen-bond donors (Lipinski definition) is 1. The maximum atomic E-state index is 6.06. The number of rotatable bonds is 3. The summed E-state index contributed by atoms with van der Waals surface area (Å²) >= 11 is 1.54. The summed E-state index contributed by atoms with van der Waals surface area (Å²) in [6.45, 7) is 2.29. The number of fused-ring (bicyclic) bond motifs is 1. The van der Waals surface area contributed by atoms with E-state index in [4.69, 9.17) is 19.9 Å². The van der Waals surface area contributed by atoms with Crippen LogP contribution in [0.1, 0.15) is 5.56 Å². The molecule has 3 aromatic rings. The van der Waals surface area contributed by atoms with Gasteiger partial charge in [0.1, 0.15) is 17.3 Å². The second-order valence-electron chi connectivity index (χ2n) is 5.61. The standard InChI is InChI=1S/C18H16N2O3S.ClH/c1-10-5-12(7-16-18(10)23-9-22-16)17-13(8-24-20-17)11-3-4-15(21-2)14(19)6-11;/h3-8H,9,19H2,1-2H3;1H. The molecule has 0 aliphatic carbocycles. The van der Waals surface area contributed by atoms with Crippen LogP contribution in [0.4, 0.5) is 5.69 Å². The number of ether oxygens (including phenoxy) is 3. The molecule has 0 bridgehead atoms. The van der Waals surface area contributed by atoms with Crippen molar-refractivity contribution in [1.29, 1.82) is 0 Å². The number of aromatic amines is 1. The third-order valence-corrected chi connectivity index (χ3v) is 4.77. The molecule has 2 aromatic carbocycles. The average molecular weight is 377 g/mol. The number of methoxy groups -OCH3 is 1. The van der Waals surface area contributed by atoms with E-state index in [9.17, 15) is 0 Å². The molecule has 0 spiro atoms. The van der Waals surface area contributed by atoms with E-state index in [2.05, 4.69) is 15.8 Å². The summed E-state index contributed by atoms with van der Waals surface area (Å²) in [6.07, 6.45) is 0. The summed E-state index contributed by atoms with van der Waals surface area (Å²) in [7, 11) is 1.62. The molecule has 1 aromatic heterocycles. The van der Waals surface area contributed by atoms with E-state index in [1.165, 1.54) is 0 Å². The van der Waals surface area contributed by atoms with Gasteiger partial charge in [-0.1, -0.05) is 6.07 Å². The quantitative estimate of drug-likeness (QED) is 0.677. The Hall–Kier alpha value is -2.44. The Labute approximate surface area is 155 Å². The number of H-pyrrole nitrogens is 1. The first-order valence-electron chi connectivity index (χ1n) is 7.51. The van der Waals surface area contributed by atoms with Crippen molar-refractivity contribution < 1.29 is 31.0 Å². The maximum Gasteiger partial charge on any atom is 0.232 e. The van der Waals surface area contributed by atoms with Crippen molar-refractivity contribution in [3.05, 3.63) is 41.3 Å². The van der Waals surface area contributed by atoms with E-state index in [0.29, 0.717) is 11.4 Å². The van der Waals surface area contributed by atoms with Gasteiger partial charge in [-0.2, -0.15) is 0 Å². The molecule has 0 saturated carbocycles. The SMILES string of the molecule is COc1ccc(-c2cs[nH+]c2-c2cc(C)c3c(c2)OCO3)cc1N.[Cl-]. The fourth-order valence-corrected chi connectivity index (χ4v) is 3.70. The van der Waals surface area contributed by atoms with Gasteiger partial charge in [-0.3, -0.25) is 0 Å². The van der Waals surface area contributed by atoms with Crippen LogP contribution in [0.3, 0.4) is 0 Å². The van der Waals surface area contributed by atoms with Crippen molar-refractivity contribution in [3.8, 4) is 39.6 Å². The number of hydrogen-bond acceptors (Lipinski definition) is 5. The molecule has 0 radical (unpaired) electrons. The van der Waals surface area contributed by atoms with Crippen LogP contribution >= 0.6 is 11.5 Å². The molecule has 1 aliphatic rings. The minimum Gasteiger partial charge on any atom is -1.00 e. The monoisotopic (exact) mass is 376 g/mol. The third-order valence-electron chi connectivity index (χ3n) is 4.09. The van der Waals surface area contributed by atoms with Gasteiger partial charge in [0.2, 0.25) is 12.5 Å². The Morgan fingerprint density at radius 2 is 2.00 bits per heavy atom. The van der Waals surface area contributed by atoms with Gasteiger partial charge in [-0.25, -0.2) is 0 Å². The highest BCUT2D eigenvalue weighted by atomic mass is 35.5. The molecule has 3 N–H and O–H groups in total. The molecule has 1 aliphatic heterocycles. The Bertz CT molecular complexity index is 927. The number of aryl methyl sites for hydroxylation is 1. The minimum absolute atomic E-state index is 0. The Kier molecular flexibility index (Phi) is 4.74. The fraction of sp³-hybridized carbons (Fsp3) is 0.167. The Balaban J connectivity index is 0.00000182. The second kappa shape index (κ2) is 6.82. The summed E-state index contributed by atoms with van der Waals surface area (Å²) in [5.74, 6) is 2.28. The van der Waals surface area contributed by atoms with Crippen LogP contribution in [-0.4, -0.2) is 13.9 Å². The number of benzene rings is 2. The lowest BCUT2D eigenvalue weighted by Crippen LogP contribution is -3.00. The number of aromatic nitrogens is 1. The van der Waals surface area contributed by atoms with Crippen LogP contribution < -0.4 is 36.7 Å².